The lowest BCUT2D eigenvalue weighted by Gasteiger charge is -2.07. The number of hydrogen-bond acceptors (Lipinski definition) is 3. The SMILES string of the molecule is Cc1ccc(NC(=O)c2ccc(NC(=O)c3ccco3)cc2)cc1. The Hall–Kier alpha value is -3.34. The summed E-state index contributed by atoms with van der Waals surface area (Å²) in [5, 5.41) is 5.53. The van der Waals surface area contributed by atoms with E-state index in [1.807, 2.05) is 31.2 Å². The van der Waals surface area contributed by atoms with E-state index in [-0.39, 0.29) is 17.6 Å². The number of hydrogen-bond donors (Lipinski definition) is 2. The minimum Gasteiger partial charge on any atom is -0.459 e. The number of aryl methyl sites for hydroxylation is 1. The summed E-state index contributed by atoms with van der Waals surface area (Å²) in [6.07, 6.45) is 1.44. The predicted octanol–water partition coefficient (Wildman–Crippen LogP) is 4.09. The van der Waals surface area contributed by atoms with E-state index in [9.17, 15) is 9.59 Å². The van der Waals surface area contributed by atoms with Crippen LogP contribution in [0.4, 0.5) is 11.4 Å². The van der Waals surface area contributed by atoms with Crippen molar-refractivity contribution in [2.45, 2.75) is 6.92 Å². The van der Waals surface area contributed by atoms with Crippen LogP contribution in [-0.4, -0.2) is 11.8 Å². The monoisotopic (exact) mass is 320 g/mol. The van der Waals surface area contributed by atoms with E-state index < -0.39 is 0 Å². The van der Waals surface area contributed by atoms with Gasteiger partial charge < -0.3 is 15.1 Å². The highest BCUT2D eigenvalue weighted by Gasteiger charge is 2.10. The van der Waals surface area contributed by atoms with Crippen LogP contribution in [0.25, 0.3) is 0 Å². The molecule has 2 aromatic carbocycles. The fourth-order valence-corrected chi connectivity index (χ4v) is 2.15. The molecule has 2 amide bonds. The molecule has 0 radical (unpaired) electrons. The molecule has 0 aliphatic carbocycles. The Bertz CT molecular complexity index is 835. The fourth-order valence-electron chi connectivity index (χ4n) is 2.15. The van der Waals surface area contributed by atoms with Gasteiger partial charge in [-0.3, -0.25) is 9.59 Å². The summed E-state index contributed by atoms with van der Waals surface area (Å²) in [5.74, 6) is -0.309. The van der Waals surface area contributed by atoms with Crippen molar-refractivity contribution >= 4 is 23.2 Å². The maximum Gasteiger partial charge on any atom is 0.291 e. The van der Waals surface area contributed by atoms with Gasteiger partial charge in [-0.1, -0.05) is 17.7 Å². The van der Waals surface area contributed by atoms with Crippen molar-refractivity contribution in [1.29, 1.82) is 0 Å². The van der Waals surface area contributed by atoms with Crippen molar-refractivity contribution in [2.75, 3.05) is 10.6 Å². The number of nitrogens with one attached hydrogen (secondary N) is 2. The Morgan fingerprint density at radius 2 is 1.38 bits per heavy atom. The molecule has 0 unspecified atom stereocenters. The third kappa shape index (κ3) is 3.70. The lowest BCUT2D eigenvalue weighted by Crippen LogP contribution is -2.13. The van der Waals surface area contributed by atoms with Gasteiger partial charge in [0.1, 0.15) is 0 Å². The highest BCUT2D eigenvalue weighted by Crippen LogP contribution is 2.14. The summed E-state index contributed by atoms with van der Waals surface area (Å²) in [6, 6.07) is 17.5. The molecular weight excluding hydrogens is 304 g/mol. The Morgan fingerprint density at radius 1 is 0.792 bits per heavy atom. The van der Waals surface area contributed by atoms with Gasteiger partial charge in [-0.2, -0.15) is 0 Å². The summed E-state index contributed by atoms with van der Waals surface area (Å²) >= 11 is 0. The maximum atomic E-state index is 12.2. The first-order valence-corrected chi connectivity index (χ1v) is 7.45. The van der Waals surface area contributed by atoms with Gasteiger partial charge >= 0.3 is 0 Å². The van der Waals surface area contributed by atoms with E-state index in [2.05, 4.69) is 10.6 Å². The molecule has 0 saturated heterocycles. The molecule has 0 aliphatic heterocycles. The number of benzene rings is 2. The van der Waals surface area contributed by atoms with Gasteiger partial charge in [0.2, 0.25) is 0 Å². The van der Waals surface area contributed by atoms with Crippen LogP contribution >= 0.6 is 0 Å². The molecule has 1 aromatic heterocycles. The molecule has 0 fully saturated rings. The van der Waals surface area contributed by atoms with Gasteiger partial charge in [0.05, 0.1) is 6.26 Å². The van der Waals surface area contributed by atoms with Crippen LogP contribution in [0.2, 0.25) is 0 Å². The molecule has 5 nitrogen and oxygen atoms in total. The minimum atomic E-state index is -0.336. The highest BCUT2D eigenvalue weighted by molar-refractivity contribution is 6.05. The number of furan rings is 1. The quantitative estimate of drug-likeness (QED) is 0.760. The molecule has 3 rings (SSSR count). The van der Waals surface area contributed by atoms with Crippen LogP contribution in [0.15, 0.2) is 71.3 Å². The molecule has 0 bridgehead atoms. The summed E-state index contributed by atoms with van der Waals surface area (Å²) in [7, 11) is 0. The number of amides is 2. The van der Waals surface area contributed by atoms with Gasteiger partial charge in [-0.25, -0.2) is 0 Å². The molecule has 0 atom stereocenters. The van der Waals surface area contributed by atoms with E-state index in [1.54, 1.807) is 36.4 Å². The Labute approximate surface area is 139 Å². The standard InChI is InChI=1S/C19H16N2O3/c1-13-4-8-15(9-5-13)20-18(22)14-6-10-16(11-7-14)21-19(23)17-3-2-12-24-17/h2-12H,1H3,(H,20,22)(H,21,23). The van der Waals surface area contributed by atoms with E-state index >= 15 is 0 Å². The highest BCUT2D eigenvalue weighted by atomic mass is 16.3. The van der Waals surface area contributed by atoms with E-state index in [1.165, 1.54) is 6.26 Å². The van der Waals surface area contributed by atoms with Gasteiger partial charge in [-0.15, -0.1) is 0 Å². The number of carbonyl (C=O) groups excluding carboxylic acids is 2. The van der Waals surface area contributed by atoms with Crippen molar-refractivity contribution in [3.63, 3.8) is 0 Å². The van der Waals surface area contributed by atoms with Crippen LogP contribution in [0.3, 0.4) is 0 Å². The summed E-state index contributed by atoms with van der Waals surface area (Å²) in [4.78, 5) is 24.1. The first-order chi connectivity index (χ1) is 11.6. The molecule has 1 heterocycles. The molecule has 0 aliphatic rings. The lowest BCUT2D eigenvalue weighted by molar-refractivity contribution is 0.0995. The maximum absolute atomic E-state index is 12.2. The average Bonchev–Trinajstić information content (AvgIpc) is 3.12. The molecule has 120 valence electrons. The summed E-state index contributed by atoms with van der Waals surface area (Å²) < 4.78 is 5.03. The van der Waals surface area contributed by atoms with Crippen molar-refractivity contribution in [3.8, 4) is 0 Å². The largest absolute Gasteiger partial charge is 0.459 e. The van der Waals surface area contributed by atoms with Gasteiger partial charge in [0.15, 0.2) is 5.76 Å². The van der Waals surface area contributed by atoms with Crippen LogP contribution in [0, 0.1) is 6.92 Å². The van der Waals surface area contributed by atoms with E-state index in [0.29, 0.717) is 11.3 Å². The van der Waals surface area contributed by atoms with Gasteiger partial charge in [0, 0.05) is 16.9 Å². The summed E-state index contributed by atoms with van der Waals surface area (Å²) in [6.45, 7) is 1.99. The van der Waals surface area contributed by atoms with Gasteiger partial charge in [-0.05, 0) is 55.5 Å². The van der Waals surface area contributed by atoms with Gasteiger partial charge in [0.25, 0.3) is 11.8 Å². The normalized spacial score (nSPS) is 10.2. The third-order valence-corrected chi connectivity index (χ3v) is 3.46. The molecule has 24 heavy (non-hydrogen) atoms. The van der Waals surface area contributed by atoms with Crippen molar-refractivity contribution < 1.29 is 14.0 Å². The molecule has 5 heteroatoms. The van der Waals surface area contributed by atoms with Crippen LogP contribution in [0.5, 0.6) is 0 Å². The molecule has 0 saturated carbocycles. The predicted molar refractivity (Wildman–Crippen MR) is 92.2 cm³/mol. The lowest BCUT2D eigenvalue weighted by atomic mass is 10.1. The van der Waals surface area contributed by atoms with Crippen LogP contribution in [0.1, 0.15) is 26.5 Å². The van der Waals surface area contributed by atoms with E-state index in [4.69, 9.17) is 4.42 Å². The molecule has 0 spiro atoms. The Kier molecular flexibility index (Phi) is 4.43. The molecule has 2 N–H and O–H groups in total. The number of rotatable bonds is 4. The number of carbonyl (C=O) groups is 2. The van der Waals surface area contributed by atoms with E-state index in [0.717, 1.165) is 11.3 Å². The first-order valence-electron chi connectivity index (χ1n) is 7.45. The fraction of sp³-hybridized carbons (Fsp3) is 0.0526. The van der Waals surface area contributed by atoms with Crippen molar-refractivity contribution in [2.24, 2.45) is 0 Å². The zero-order valence-corrected chi connectivity index (χ0v) is 13.1. The average molecular weight is 320 g/mol. The first kappa shape index (κ1) is 15.6. The van der Waals surface area contributed by atoms with Crippen LogP contribution < -0.4 is 10.6 Å². The zero-order chi connectivity index (χ0) is 16.9. The van der Waals surface area contributed by atoms with Crippen molar-refractivity contribution in [1.82, 2.24) is 0 Å². The molecular formula is C19H16N2O3. The van der Waals surface area contributed by atoms with Crippen LogP contribution in [-0.2, 0) is 0 Å². The summed E-state index contributed by atoms with van der Waals surface area (Å²) in [5.41, 5.74) is 2.96. The Morgan fingerprint density at radius 3 is 1.96 bits per heavy atom. The second-order valence-electron chi connectivity index (χ2n) is 5.33. The van der Waals surface area contributed by atoms with Crippen molar-refractivity contribution in [3.05, 3.63) is 83.8 Å². The third-order valence-electron chi connectivity index (χ3n) is 3.46. The molecule has 3 aromatic rings. The number of anilines is 2. The second kappa shape index (κ2) is 6.83. The topological polar surface area (TPSA) is 71.3 Å². The Balaban J connectivity index is 1.64. The second-order valence-corrected chi connectivity index (χ2v) is 5.33. The zero-order valence-electron chi connectivity index (χ0n) is 13.1. The minimum absolute atomic E-state index is 0.206. The smallest absolute Gasteiger partial charge is 0.291 e.